The summed E-state index contributed by atoms with van der Waals surface area (Å²) in [5, 5.41) is 0. The highest BCUT2D eigenvalue weighted by Gasteiger charge is 2.37. The molecule has 0 amide bonds. The van der Waals surface area contributed by atoms with Gasteiger partial charge in [-0.05, 0) is 20.3 Å². The third kappa shape index (κ3) is 6.73. The Hall–Kier alpha value is -0.693. The molecule has 0 rings (SSSR count). The van der Waals surface area contributed by atoms with Crippen LogP contribution in [0.1, 0.15) is 20.3 Å². The molecule has 0 aliphatic rings. The predicted octanol–water partition coefficient (Wildman–Crippen LogP) is 1.55. The van der Waals surface area contributed by atoms with Gasteiger partial charge in [-0.1, -0.05) is 6.58 Å². The van der Waals surface area contributed by atoms with Gasteiger partial charge < -0.3 is 13.6 Å². The van der Waals surface area contributed by atoms with Crippen molar-refractivity contribution in [3.8, 4) is 0 Å². The second-order valence-electron chi connectivity index (χ2n) is 3.02. The fraction of sp³-hybridized carbons (Fsp3) is 0.700. The minimum atomic E-state index is -3.30. The Bertz CT molecular complexity index is 213. The summed E-state index contributed by atoms with van der Waals surface area (Å²) in [6, 6.07) is 0.277. The van der Waals surface area contributed by atoms with Crippen molar-refractivity contribution in [1.29, 1.82) is 0 Å². The number of carbonyl (C=O) groups is 1. The summed E-state index contributed by atoms with van der Waals surface area (Å²) in [6.45, 7) is 7.69. The zero-order chi connectivity index (χ0) is 12.4. The van der Waals surface area contributed by atoms with E-state index in [9.17, 15) is 9.59 Å². The lowest BCUT2D eigenvalue weighted by Crippen LogP contribution is -2.41. The molecule has 0 saturated heterocycles. The number of rotatable bonds is 9. The smallest absolute Gasteiger partial charge is 0.463 e. The molecular weight excluding hydrogens is 228 g/mol. The highest BCUT2D eigenvalue weighted by Crippen LogP contribution is 2.13. The Morgan fingerprint density at radius 1 is 1.31 bits per heavy atom. The highest BCUT2D eigenvalue weighted by atomic mass is 28.4. The average molecular weight is 247 g/mol. The number of hydrogen-bond donors (Lipinski definition) is 0. The zero-order valence-electron chi connectivity index (χ0n) is 9.86. The summed E-state index contributed by atoms with van der Waals surface area (Å²) < 4.78 is 15.0. The van der Waals surface area contributed by atoms with Gasteiger partial charge in [0.05, 0.1) is 6.61 Å². The third-order valence-corrected chi connectivity index (χ3v) is 4.19. The van der Waals surface area contributed by atoms with Gasteiger partial charge in [0.15, 0.2) is 0 Å². The van der Waals surface area contributed by atoms with Gasteiger partial charge in [-0.3, -0.25) is 0 Å². The normalized spacial score (nSPS) is 11.2. The summed E-state index contributed by atoms with van der Waals surface area (Å²) in [5.41, 5.74) is 0. The predicted molar refractivity (Wildman–Crippen MR) is 60.3 cm³/mol. The molecule has 0 aromatic rings. The van der Waals surface area contributed by atoms with Crippen molar-refractivity contribution < 1.29 is 23.2 Å². The number of ether oxygens (including phenoxy) is 1. The largest absolute Gasteiger partial charge is 0.528 e. The Labute approximate surface area is 97.4 Å². The van der Waals surface area contributed by atoms with E-state index < -0.39 is 14.8 Å². The maximum absolute atomic E-state index is 12.0. The number of carbonyl (C=O) groups excluding carboxylic acids is 1. The summed E-state index contributed by atoms with van der Waals surface area (Å²) in [5.74, 6) is -0.481. The van der Waals surface area contributed by atoms with Crippen LogP contribution in [0.4, 0.5) is 0 Å². The number of esters is 1. The first-order chi connectivity index (χ1) is 7.58. The molecule has 0 saturated carbocycles. The van der Waals surface area contributed by atoms with E-state index in [1.54, 1.807) is 13.8 Å². The average Bonchev–Trinajstić information content (AvgIpc) is 2.25. The van der Waals surface area contributed by atoms with Crippen molar-refractivity contribution in [3.05, 3.63) is 12.7 Å². The molecule has 6 heteroatoms. The minimum absolute atomic E-state index is 0.196. The Morgan fingerprint density at radius 2 is 1.88 bits per heavy atom. The van der Waals surface area contributed by atoms with Gasteiger partial charge in [0.1, 0.15) is 0 Å². The third-order valence-electron chi connectivity index (χ3n) is 1.77. The van der Waals surface area contributed by atoms with Crippen LogP contribution in [0.25, 0.3) is 0 Å². The van der Waals surface area contributed by atoms with Gasteiger partial charge in [0, 0.05) is 25.3 Å². The van der Waals surface area contributed by atoms with E-state index >= 15 is 0 Å². The SMILES string of the molecule is C=CC(=O)OCCC[Si]([O])(OCC)OCC. The summed E-state index contributed by atoms with van der Waals surface area (Å²) in [6.07, 6.45) is 1.54. The van der Waals surface area contributed by atoms with Crippen LogP contribution in [0.3, 0.4) is 0 Å². The van der Waals surface area contributed by atoms with Crippen molar-refractivity contribution >= 4 is 14.8 Å². The van der Waals surface area contributed by atoms with Crippen molar-refractivity contribution in [3.63, 3.8) is 0 Å². The van der Waals surface area contributed by atoms with Crippen LogP contribution in [0.2, 0.25) is 6.04 Å². The molecule has 5 nitrogen and oxygen atoms in total. The van der Waals surface area contributed by atoms with Gasteiger partial charge in [-0.15, -0.1) is 0 Å². The standard InChI is InChI=1S/C10H19O5Si/c1-4-10(11)13-8-7-9-16(12,14-5-2)15-6-3/h4H,1,5-9H2,2-3H3. The van der Waals surface area contributed by atoms with Gasteiger partial charge in [-0.2, -0.15) is 0 Å². The molecule has 0 fully saturated rings. The van der Waals surface area contributed by atoms with E-state index in [0.29, 0.717) is 19.6 Å². The van der Waals surface area contributed by atoms with E-state index in [1.165, 1.54) is 0 Å². The Balaban J connectivity index is 3.84. The molecular formula is C10H19O5Si. The van der Waals surface area contributed by atoms with Crippen molar-refractivity contribution in [2.45, 2.75) is 26.3 Å². The van der Waals surface area contributed by atoms with Crippen LogP contribution < -0.4 is 0 Å². The molecule has 0 aromatic carbocycles. The maximum Gasteiger partial charge on any atom is 0.528 e. The Kier molecular flexibility index (Phi) is 8.09. The van der Waals surface area contributed by atoms with E-state index in [-0.39, 0.29) is 12.7 Å². The number of hydrogen-bond acceptors (Lipinski definition) is 4. The molecule has 0 aliphatic carbocycles. The van der Waals surface area contributed by atoms with Crippen LogP contribution in [0.5, 0.6) is 0 Å². The molecule has 1 radical (unpaired) electrons. The molecule has 0 aromatic heterocycles. The van der Waals surface area contributed by atoms with Crippen molar-refractivity contribution in [1.82, 2.24) is 0 Å². The monoisotopic (exact) mass is 247 g/mol. The highest BCUT2D eigenvalue weighted by molar-refractivity contribution is 6.58. The minimum Gasteiger partial charge on any atom is -0.463 e. The summed E-state index contributed by atoms with van der Waals surface area (Å²) in [7, 11) is -3.30. The van der Waals surface area contributed by atoms with Crippen molar-refractivity contribution in [2.75, 3.05) is 19.8 Å². The van der Waals surface area contributed by atoms with Gasteiger partial charge >= 0.3 is 14.8 Å². The second-order valence-corrected chi connectivity index (χ2v) is 5.47. The molecule has 0 atom stereocenters. The van der Waals surface area contributed by atoms with Crippen LogP contribution >= 0.6 is 0 Å². The molecule has 0 bridgehead atoms. The van der Waals surface area contributed by atoms with E-state index in [4.69, 9.17) is 13.6 Å². The molecule has 0 aliphatic heterocycles. The quantitative estimate of drug-likeness (QED) is 0.268. The van der Waals surface area contributed by atoms with Gasteiger partial charge in [0.25, 0.3) is 0 Å². The van der Waals surface area contributed by atoms with Crippen molar-refractivity contribution in [2.24, 2.45) is 0 Å². The fourth-order valence-corrected chi connectivity index (χ4v) is 2.98. The first-order valence-corrected chi connectivity index (χ1v) is 7.28. The van der Waals surface area contributed by atoms with E-state index in [0.717, 1.165) is 6.08 Å². The lowest BCUT2D eigenvalue weighted by molar-refractivity contribution is -0.137. The first-order valence-electron chi connectivity index (χ1n) is 5.35. The fourth-order valence-electron chi connectivity index (χ4n) is 1.15. The molecule has 0 unspecified atom stereocenters. The van der Waals surface area contributed by atoms with Crippen LogP contribution in [-0.4, -0.2) is 34.6 Å². The lowest BCUT2D eigenvalue weighted by Gasteiger charge is -2.20. The van der Waals surface area contributed by atoms with Crippen LogP contribution in [0, 0.1) is 0 Å². The molecule has 0 spiro atoms. The molecule has 93 valence electrons. The lowest BCUT2D eigenvalue weighted by atomic mass is 10.5. The molecule has 0 heterocycles. The molecule has 16 heavy (non-hydrogen) atoms. The topological polar surface area (TPSA) is 64.7 Å². The summed E-state index contributed by atoms with van der Waals surface area (Å²) >= 11 is 0. The second kappa shape index (κ2) is 8.46. The van der Waals surface area contributed by atoms with E-state index in [2.05, 4.69) is 6.58 Å². The van der Waals surface area contributed by atoms with Gasteiger partial charge in [0.2, 0.25) is 0 Å². The van der Waals surface area contributed by atoms with Crippen LogP contribution in [-0.2, 0) is 23.2 Å². The van der Waals surface area contributed by atoms with E-state index in [1.807, 2.05) is 0 Å². The first kappa shape index (κ1) is 15.3. The zero-order valence-corrected chi connectivity index (χ0v) is 10.9. The maximum atomic E-state index is 12.0. The van der Waals surface area contributed by atoms with Gasteiger partial charge in [-0.25, -0.2) is 9.59 Å². The molecule has 0 N–H and O–H groups in total. The Morgan fingerprint density at radius 3 is 2.31 bits per heavy atom. The summed E-state index contributed by atoms with van der Waals surface area (Å²) in [4.78, 5) is 22.7. The van der Waals surface area contributed by atoms with Crippen LogP contribution in [0.15, 0.2) is 12.7 Å².